The maximum atomic E-state index is 12.4. The van der Waals surface area contributed by atoms with Gasteiger partial charge in [-0.3, -0.25) is 0 Å². The van der Waals surface area contributed by atoms with Crippen LogP contribution in [0.2, 0.25) is 5.02 Å². The van der Waals surface area contributed by atoms with E-state index in [1.165, 1.54) is 16.9 Å². The van der Waals surface area contributed by atoms with Crippen molar-refractivity contribution in [3.05, 3.63) is 44.1 Å². The lowest BCUT2D eigenvalue weighted by molar-refractivity contribution is 0.0477. The molecule has 4 nitrogen and oxygen atoms in total. The second-order valence-corrected chi connectivity index (χ2v) is 8.13. The Labute approximate surface area is 155 Å². The van der Waals surface area contributed by atoms with Crippen molar-refractivity contribution >= 4 is 28.9 Å². The molecule has 0 saturated heterocycles. The molecule has 0 radical (unpaired) electrons. The zero-order valence-corrected chi connectivity index (χ0v) is 15.5. The van der Waals surface area contributed by atoms with Crippen LogP contribution in [-0.2, 0) is 24.2 Å². The molecule has 132 valence electrons. The minimum absolute atomic E-state index is 0.161. The molecule has 0 N–H and O–H groups in total. The Hall–Kier alpha value is -1.72. The van der Waals surface area contributed by atoms with Crippen molar-refractivity contribution in [1.29, 1.82) is 0 Å². The van der Waals surface area contributed by atoms with Crippen molar-refractivity contribution in [3.8, 4) is 11.5 Å². The predicted octanol–water partition coefficient (Wildman–Crippen LogP) is 4.65. The summed E-state index contributed by atoms with van der Waals surface area (Å²) < 4.78 is 16.5. The average molecular weight is 379 g/mol. The molecule has 1 aromatic heterocycles. The summed E-state index contributed by atoms with van der Waals surface area (Å²) in [5, 5.41) is 0.476. The van der Waals surface area contributed by atoms with Crippen LogP contribution >= 0.6 is 22.9 Å². The Kier molecular flexibility index (Phi) is 4.61. The molecule has 25 heavy (non-hydrogen) atoms. The molecule has 0 spiro atoms. The van der Waals surface area contributed by atoms with Crippen LogP contribution in [0, 0.1) is 5.92 Å². The molecule has 1 atom stereocenters. The van der Waals surface area contributed by atoms with E-state index in [1.54, 1.807) is 17.4 Å². The number of esters is 1. The Bertz CT molecular complexity index is 814. The molecule has 0 fully saturated rings. The molecular weight excluding hydrogens is 360 g/mol. The van der Waals surface area contributed by atoms with Gasteiger partial charge >= 0.3 is 5.97 Å². The average Bonchev–Trinajstić information content (AvgIpc) is 3.03. The van der Waals surface area contributed by atoms with Gasteiger partial charge in [-0.15, -0.1) is 11.3 Å². The zero-order chi connectivity index (χ0) is 17.4. The van der Waals surface area contributed by atoms with Gasteiger partial charge in [0, 0.05) is 4.88 Å². The Morgan fingerprint density at radius 3 is 3.04 bits per heavy atom. The van der Waals surface area contributed by atoms with E-state index in [4.69, 9.17) is 25.8 Å². The minimum atomic E-state index is -0.280. The summed E-state index contributed by atoms with van der Waals surface area (Å²) in [5.74, 6) is 1.57. The van der Waals surface area contributed by atoms with E-state index in [2.05, 4.69) is 6.92 Å². The van der Waals surface area contributed by atoms with Crippen molar-refractivity contribution in [3.63, 3.8) is 0 Å². The lowest BCUT2D eigenvalue weighted by atomic mass is 9.90. The number of rotatable bonds is 3. The zero-order valence-electron chi connectivity index (χ0n) is 14.0. The number of hydrogen-bond donors (Lipinski definition) is 0. The van der Waals surface area contributed by atoms with Gasteiger partial charge in [0.25, 0.3) is 0 Å². The van der Waals surface area contributed by atoms with Crippen LogP contribution in [-0.4, -0.2) is 19.2 Å². The van der Waals surface area contributed by atoms with Gasteiger partial charge < -0.3 is 14.2 Å². The highest BCUT2D eigenvalue weighted by Crippen LogP contribution is 2.38. The summed E-state index contributed by atoms with van der Waals surface area (Å²) in [5.41, 5.74) is 2.09. The molecule has 2 heterocycles. The third-order valence-corrected chi connectivity index (χ3v) is 6.05. The summed E-state index contributed by atoms with van der Waals surface area (Å²) in [6, 6.07) is 5.56. The van der Waals surface area contributed by atoms with Crippen LogP contribution in [0.4, 0.5) is 0 Å². The number of fused-ring (bicyclic) bond motifs is 2. The molecule has 0 saturated carbocycles. The highest BCUT2D eigenvalue weighted by molar-refractivity contribution is 7.14. The fraction of sp³-hybridized carbons (Fsp3) is 0.421. The molecule has 1 aliphatic carbocycles. The van der Waals surface area contributed by atoms with Gasteiger partial charge in [0.2, 0.25) is 0 Å². The first kappa shape index (κ1) is 16.7. The number of thiophene rings is 1. The molecule has 2 aliphatic rings. The molecule has 4 rings (SSSR count). The van der Waals surface area contributed by atoms with Gasteiger partial charge in [-0.05, 0) is 54.5 Å². The quantitative estimate of drug-likeness (QED) is 0.729. The molecule has 0 bridgehead atoms. The number of hydrogen-bond acceptors (Lipinski definition) is 5. The van der Waals surface area contributed by atoms with Crippen LogP contribution < -0.4 is 9.47 Å². The molecule has 2 aromatic rings. The predicted molar refractivity (Wildman–Crippen MR) is 97.1 cm³/mol. The van der Waals surface area contributed by atoms with E-state index < -0.39 is 0 Å². The van der Waals surface area contributed by atoms with Gasteiger partial charge in [-0.2, -0.15) is 0 Å². The number of ether oxygens (including phenoxy) is 3. The van der Waals surface area contributed by atoms with Crippen LogP contribution in [0.15, 0.2) is 18.2 Å². The molecule has 0 amide bonds. The SMILES string of the molecule is C[C@@H]1CCc2sc(C(=O)OCc3cc(Cl)c4c(c3)OCCO4)cc2C1. The van der Waals surface area contributed by atoms with Crippen LogP contribution in [0.25, 0.3) is 0 Å². The number of carbonyl (C=O) groups is 1. The van der Waals surface area contributed by atoms with Gasteiger partial charge in [0.1, 0.15) is 24.7 Å². The second-order valence-electron chi connectivity index (χ2n) is 6.58. The van der Waals surface area contributed by atoms with E-state index in [9.17, 15) is 4.79 Å². The highest BCUT2D eigenvalue weighted by atomic mass is 35.5. The molecule has 6 heteroatoms. The Morgan fingerprint density at radius 1 is 1.32 bits per heavy atom. The fourth-order valence-electron chi connectivity index (χ4n) is 3.27. The van der Waals surface area contributed by atoms with Crippen LogP contribution in [0.5, 0.6) is 11.5 Å². The first-order valence-corrected chi connectivity index (χ1v) is 9.66. The van der Waals surface area contributed by atoms with Gasteiger partial charge in [0.05, 0.1) is 5.02 Å². The molecule has 1 aromatic carbocycles. The van der Waals surface area contributed by atoms with Gasteiger partial charge in [-0.1, -0.05) is 18.5 Å². The standard InChI is InChI=1S/C19H19ClO4S/c1-11-2-3-16-13(6-11)9-17(25-16)19(21)24-10-12-7-14(20)18-15(8-12)22-4-5-23-18/h7-9,11H,2-6,10H2,1H3/t11-/m1/s1. The highest BCUT2D eigenvalue weighted by Gasteiger charge is 2.22. The second kappa shape index (κ2) is 6.89. The lowest BCUT2D eigenvalue weighted by Gasteiger charge is -2.20. The van der Waals surface area contributed by atoms with Gasteiger partial charge in [-0.25, -0.2) is 4.79 Å². The Morgan fingerprint density at radius 2 is 2.16 bits per heavy atom. The van der Waals surface area contributed by atoms with Crippen molar-refractivity contribution in [2.75, 3.05) is 13.2 Å². The van der Waals surface area contributed by atoms with E-state index in [-0.39, 0.29) is 12.6 Å². The molecule has 0 unspecified atom stereocenters. The maximum absolute atomic E-state index is 12.4. The van der Waals surface area contributed by atoms with Crippen LogP contribution in [0.3, 0.4) is 0 Å². The van der Waals surface area contributed by atoms with E-state index in [0.717, 1.165) is 18.4 Å². The van der Waals surface area contributed by atoms with Crippen molar-refractivity contribution in [2.24, 2.45) is 5.92 Å². The Balaban J connectivity index is 1.45. The fourth-order valence-corrected chi connectivity index (χ4v) is 4.66. The maximum Gasteiger partial charge on any atom is 0.348 e. The normalized spacial score (nSPS) is 18.6. The first-order chi connectivity index (χ1) is 12.1. The number of halogens is 1. The number of aryl methyl sites for hydroxylation is 1. The van der Waals surface area contributed by atoms with E-state index in [1.807, 2.05) is 12.1 Å². The van der Waals surface area contributed by atoms with Gasteiger partial charge in [0.15, 0.2) is 11.5 Å². The summed E-state index contributed by atoms with van der Waals surface area (Å²) >= 11 is 7.78. The van der Waals surface area contributed by atoms with E-state index >= 15 is 0 Å². The topological polar surface area (TPSA) is 44.8 Å². The third kappa shape index (κ3) is 3.48. The lowest BCUT2D eigenvalue weighted by Crippen LogP contribution is -2.16. The van der Waals surface area contributed by atoms with Crippen molar-refractivity contribution in [2.45, 2.75) is 32.8 Å². The number of benzene rings is 1. The summed E-state index contributed by atoms with van der Waals surface area (Å²) in [6.45, 7) is 3.40. The summed E-state index contributed by atoms with van der Waals surface area (Å²) in [4.78, 5) is 14.4. The molecular formula is C19H19ClO4S. The van der Waals surface area contributed by atoms with Crippen molar-refractivity contribution in [1.82, 2.24) is 0 Å². The smallest absolute Gasteiger partial charge is 0.348 e. The summed E-state index contributed by atoms with van der Waals surface area (Å²) in [6.07, 6.45) is 3.31. The number of carbonyl (C=O) groups excluding carboxylic acids is 1. The van der Waals surface area contributed by atoms with Crippen molar-refractivity contribution < 1.29 is 19.0 Å². The largest absolute Gasteiger partial charge is 0.486 e. The van der Waals surface area contributed by atoms with Crippen LogP contribution in [0.1, 0.15) is 39.0 Å². The first-order valence-electron chi connectivity index (χ1n) is 8.47. The molecule has 1 aliphatic heterocycles. The summed E-state index contributed by atoms with van der Waals surface area (Å²) in [7, 11) is 0. The monoisotopic (exact) mass is 378 g/mol. The minimum Gasteiger partial charge on any atom is -0.486 e. The third-order valence-electron chi connectivity index (χ3n) is 4.56. The van der Waals surface area contributed by atoms with E-state index in [0.29, 0.717) is 40.5 Å².